The Morgan fingerprint density at radius 1 is 1.14 bits per heavy atom. The predicted molar refractivity (Wildman–Crippen MR) is 141 cm³/mol. The van der Waals surface area contributed by atoms with E-state index >= 15 is 0 Å². The molecule has 3 aliphatic rings. The quantitative estimate of drug-likeness (QED) is 0.405. The number of fused-ring (bicyclic) bond motifs is 2. The summed E-state index contributed by atoms with van der Waals surface area (Å²) in [7, 11) is 2.17. The summed E-state index contributed by atoms with van der Waals surface area (Å²) in [5, 5.41) is 7.64. The number of aromatic nitrogens is 1. The minimum absolute atomic E-state index is 0.0874. The number of hydrogen-bond acceptors (Lipinski definition) is 7. The van der Waals surface area contributed by atoms with Gasteiger partial charge in [-0.3, -0.25) is 24.3 Å². The smallest absolute Gasteiger partial charge is 0.290 e. The van der Waals surface area contributed by atoms with Crippen LogP contribution < -0.4 is 4.90 Å². The van der Waals surface area contributed by atoms with Crippen molar-refractivity contribution in [2.45, 2.75) is 38.3 Å². The predicted octanol–water partition coefficient (Wildman–Crippen LogP) is 4.03. The van der Waals surface area contributed by atoms with Crippen LogP contribution in [0.15, 0.2) is 30.5 Å². The number of carbonyl (C=O) groups excluding carboxylic acids is 2. The van der Waals surface area contributed by atoms with E-state index in [1.807, 2.05) is 12.3 Å². The number of carboxylic acid groups (broad SMARTS) is 1. The molecule has 188 valence electrons. The maximum Gasteiger partial charge on any atom is 0.290 e. The minimum atomic E-state index is -0.250. The molecule has 2 amide bonds. The van der Waals surface area contributed by atoms with Crippen LogP contribution in [0.5, 0.6) is 0 Å². The van der Waals surface area contributed by atoms with Crippen molar-refractivity contribution in [3.8, 4) is 11.1 Å². The molecule has 0 atom stereocenters. The molecule has 6 rings (SSSR count). The third-order valence-electron chi connectivity index (χ3n) is 6.99. The van der Waals surface area contributed by atoms with Crippen LogP contribution in [-0.2, 0) is 27.3 Å². The molecular weight excluding hydrogens is 500 g/mol. The maximum absolute atomic E-state index is 12.1. The number of likely N-dealkylation sites (N-methyl/N-ethyl adjacent to an activating group) is 1. The maximum atomic E-state index is 12.1. The molecule has 2 fully saturated rings. The number of pyridine rings is 1. The van der Waals surface area contributed by atoms with Crippen molar-refractivity contribution in [3.05, 3.63) is 45.9 Å². The molecule has 0 spiro atoms. The van der Waals surface area contributed by atoms with E-state index in [2.05, 4.69) is 40.0 Å². The van der Waals surface area contributed by atoms with Crippen molar-refractivity contribution in [1.29, 1.82) is 0 Å². The largest absolute Gasteiger partial charge is 0.483 e. The van der Waals surface area contributed by atoms with Crippen LogP contribution >= 0.6 is 22.9 Å². The standard InChI is InChI=1S/C25H25ClN4O2S.CH2O2/c1-28-12-17(13-28)29-8-2-3-15-9-16(26)10-20(24(15)29)19-6-7-27-21-11-18(33-25(19)21)14-30-22(31)4-5-23(30)32;2-1-3/h6-7,9-11,17H,2-5,8,12-14H2,1H3;1H,(H,2,3). The number of aryl methyl sites for hydroxylation is 1. The Morgan fingerprint density at radius 3 is 2.56 bits per heavy atom. The molecule has 3 aromatic rings. The number of benzene rings is 1. The van der Waals surface area contributed by atoms with Crippen molar-refractivity contribution < 1.29 is 19.5 Å². The van der Waals surface area contributed by atoms with Gasteiger partial charge in [-0.15, -0.1) is 11.3 Å². The number of hydrogen-bond donors (Lipinski definition) is 1. The molecule has 2 saturated heterocycles. The molecule has 1 N–H and O–H groups in total. The zero-order chi connectivity index (χ0) is 25.4. The van der Waals surface area contributed by atoms with Crippen molar-refractivity contribution in [1.82, 2.24) is 14.8 Å². The Labute approximate surface area is 218 Å². The van der Waals surface area contributed by atoms with Gasteiger partial charge in [-0.05, 0) is 49.7 Å². The van der Waals surface area contributed by atoms with Gasteiger partial charge in [-0.2, -0.15) is 0 Å². The summed E-state index contributed by atoms with van der Waals surface area (Å²) in [6, 6.07) is 8.82. The average Bonchev–Trinajstić information content (AvgIpc) is 3.39. The molecule has 10 heteroatoms. The van der Waals surface area contributed by atoms with Crippen LogP contribution in [0.3, 0.4) is 0 Å². The highest BCUT2D eigenvalue weighted by atomic mass is 35.5. The Bertz CT molecular complexity index is 1320. The monoisotopic (exact) mass is 526 g/mol. The van der Waals surface area contributed by atoms with E-state index in [-0.39, 0.29) is 18.3 Å². The number of likely N-dealkylation sites (tertiary alicyclic amines) is 2. The summed E-state index contributed by atoms with van der Waals surface area (Å²) >= 11 is 8.23. The zero-order valence-corrected chi connectivity index (χ0v) is 21.5. The highest BCUT2D eigenvalue weighted by Crippen LogP contribution is 2.45. The lowest BCUT2D eigenvalue weighted by molar-refractivity contribution is -0.139. The Hall–Kier alpha value is -3.01. The third kappa shape index (κ3) is 4.58. The number of imide groups is 1. The van der Waals surface area contributed by atoms with E-state index in [0.29, 0.717) is 25.4 Å². The first-order valence-corrected chi connectivity index (χ1v) is 13.2. The molecule has 8 nitrogen and oxygen atoms in total. The van der Waals surface area contributed by atoms with Gasteiger partial charge in [0.25, 0.3) is 6.47 Å². The second-order valence-corrected chi connectivity index (χ2v) is 11.0. The molecule has 5 heterocycles. The normalized spacial score (nSPS) is 18.2. The SMILES string of the molecule is CN1CC(N2CCCc3cc(Cl)cc(-c4ccnc5cc(CN6C(=O)CCC6=O)sc45)c32)C1.O=CO. The lowest BCUT2D eigenvalue weighted by atomic mass is 9.91. The number of amides is 2. The van der Waals surface area contributed by atoms with Crippen LogP contribution in [0.1, 0.15) is 29.7 Å². The van der Waals surface area contributed by atoms with E-state index in [9.17, 15) is 9.59 Å². The molecule has 3 aliphatic heterocycles. The molecule has 0 bridgehead atoms. The third-order valence-corrected chi connectivity index (χ3v) is 8.35. The summed E-state index contributed by atoms with van der Waals surface area (Å²) < 4.78 is 1.08. The number of nitrogens with zero attached hydrogens (tertiary/aromatic N) is 4. The van der Waals surface area contributed by atoms with Gasteiger partial charge >= 0.3 is 0 Å². The van der Waals surface area contributed by atoms with Gasteiger partial charge in [0.1, 0.15) is 0 Å². The van der Waals surface area contributed by atoms with Gasteiger partial charge in [-0.25, -0.2) is 0 Å². The van der Waals surface area contributed by atoms with E-state index < -0.39 is 0 Å². The van der Waals surface area contributed by atoms with E-state index in [1.54, 1.807) is 11.3 Å². The zero-order valence-electron chi connectivity index (χ0n) is 19.9. The molecule has 0 saturated carbocycles. The first kappa shape index (κ1) is 24.7. The summed E-state index contributed by atoms with van der Waals surface area (Å²) in [5.41, 5.74) is 5.78. The number of rotatable bonds is 4. The van der Waals surface area contributed by atoms with E-state index in [0.717, 1.165) is 63.7 Å². The highest BCUT2D eigenvalue weighted by molar-refractivity contribution is 7.19. The minimum Gasteiger partial charge on any atom is -0.483 e. The average molecular weight is 527 g/mol. The Morgan fingerprint density at radius 2 is 1.86 bits per heavy atom. The summed E-state index contributed by atoms with van der Waals surface area (Å²) in [6.07, 6.45) is 4.64. The van der Waals surface area contributed by atoms with Crippen LogP contribution in [-0.4, -0.2) is 70.9 Å². The van der Waals surface area contributed by atoms with Crippen molar-refractivity contribution in [2.24, 2.45) is 0 Å². The molecule has 0 aliphatic carbocycles. The highest BCUT2D eigenvalue weighted by Gasteiger charge is 2.34. The summed E-state index contributed by atoms with van der Waals surface area (Å²) in [6.45, 7) is 3.29. The lowest BCUT2D eigenvalue weighted by Gasteiger charge is -2.47. The lowest BCUT2D eigenvalue weighted by Crippen LogP contribution is -2.59. The molecule has 36 heavy (non-hydrogen) atoms. The fraction of sp³-hybridized carbons (Fsp3) is 0.385. The second-order valence-electron chi connectivity index (χ2n) is 9.40. The molecule has 1 aromatic carbocycles. The number of anilines is 1. The molecule has 2 aromatic heterocycles. The molecular formula is C26H27ClN4O4S. The van der Waals surface area contributed by atoms with Crippen molar-refractivity contribution in [3.63, 3.8) is 0 Å². The van der Waals surface area contributed by atoms with E-state index in [1.165, 1.54) is 16.2 Å². The number of carbonyl (C=O) groups is 3. The van der Waals surface area contributed by atoms with E-state index in [4.69, 9.17) is 21.5 Å². The first-order chi connectivity index (χ1) is 17.4. The summed E-state index contributed by atoms with van der Waals surface area (Å²) in [4.78, 5) is 44.5. The first-order valence-electron chi connectivity index (χ1n) is 12.0. The van der Waals surface area contributed by atoms with Crippen molar-refractivity contribution >= 4 is 57.1 Å². The fourth-order valence-electron chi connectivity index (χ4n) is 5.40. The van der Waals surface area contributed by atoms with Gasteiger partial charge in [0, 0.05) is 65.4 Å². The Kier molecular flexibility index (Phi) is 6.96. The summed E-state index contributed by atoms with van der Waals surface area (Å²) in [5.74, 6) is -0.175. The van der Waals surface area contributed by atoms with Crippen LogP contribution in [0, 0.1) is 0 Å². The van der Waals surface area contributed by atoms with Crippen LogP contribution in [0.2, 0.25) is 5.02 Å². The van der Waals surface area contributed by atoms with Gasteiger partial charge in [0.05, 0.1) is 22.8 Å². The van der Waals surface area contributed by atoms with Crippen molar-refractivity contribution in [2.75, 3.05) is 31.6 Å². The van der Waals surface area contributed by atoms with Gasteiger partial charge < -0.3 is 14.9 Å². The molecule has 0 radical (unpaired) electrons. The van der Waals surface area contributed by atoms with Gasteiger partial charge in [0.2, 0.25) is 11.8 Å². The van der Waals surface area contributed by atoms with Gasteiger partial charge in [-0.1, -0.05) is 11.6 Å². The number of halogens is 1. The van der Waals surface area contributed by atoms with Gasteiger partial charge in [0.15, 0.2) is 0 Å². The Balaban J connectivity index is 0.000000848. The second kappa shape index (κ2) is 10.2. The topological polar surface area (TPSA) is 94.0 Å². The van der Waals surface area contributed by atoms with Crippen LogP contribution in [0.4, 0.5) is 5.69 Å². The molecule has 0 unspecified atom stereocenters. The number of thiophene rings is 1. The van der Waals surface area contributed by atoms with Crippen LogP contribution in [0.25, 0.3) is 21.3 Å². The fourth-order valence-corrected chi connectivity index (χ4v) is 6.77.